The second-order valence-electron chi connectivity index (χ2n) is 6.47. The lowest BCUT2D eigenvalue weighted by Gasteiger charge is -2.29. The van der Waals surface area contributed by atoms with E-state index in [0.29, 0.717) is 12.1 Å². The molecule has 0 amide bonds. The van der Waals surface area contributed by atoms with Crippen molar-refractivity contribution in [3.8, 4) is 0 Å². The quantitative estimate of drug-likeness (QED) is 0.673. The molecule has 0 bridgehead atoms. The summed E-state index contributed by atoms with van der Waals surface area (Å²) in [4.78, 5) is 2.37. The number of nitrogens with one attached hydrogen (secondary N) is 1. The molecule has 1 N–H and O–H groups in total. The third kappa shape index (κ3) is 5.63. The van der Waals surface area contributed by atoms with Gasteiger partial charge in [0.2, 0.25) is 0 Å². The fourth-order valence-corrected chi connectivity index (χ4v) is 3.36. The molecule has 0 aliphatic rings. The number of rotatable bonds is 8. The molecule has 1 aromatic rings. The minimum atomic E-state index is 0.381. The molecule has 0 aliphatic carbocycles. The van der Waals surface area contributed by atoms with E-state index in [1.165, 1.54) is 22.1 Å². The number of anilines is 1. The Morgan fingerprint density at radius 2 is 1.86 bits per heavy atom. The van der Waals surface area contributed by atoms with E-state index in [-0.39, 0.29) is 0 Å². The van der Waals surface area contributed by atoms with Gasteiger partial charge in [-0.25, -0.2) is 0 Å². The predicted octanol–water partition coefficient (Wildman–Crippen LogP) is 5.38. The van der Waals surface area contributed by atoms with Crippen LogP contribution in [0, 0.1) is 5.92 Å². The Balaban J connectivity index is 2.81. The molecule has 2 unspecified atom stereocenters. The molecule has 0 radical (unpaired) electrons. The van der Waals surface area contributed by atoms with Crippen LogP contribution in [0.3, 0.4) is 0 Å². The zero-order valence-corrected chi connectivity index (χ0v) is 16.0. The van der Waals surface area contributed by atoms with Crippen molar-refractivity contribution >= 4 is 21.6 Å². The first-order valence-electron chi connectivity index (χ1n) is 8.12. The summed E-state index contributed by atoms with van der Waals surface area (Å²) in [6.45, 7) is 12.3. The molecule has 21 heavy (non-hydrogen) atoms. The monoisotopic (exact) mass is 354 g/mol. The predicted molar refractivity (Wildman–Crippen MR) is 98.2 cm³/mol. The van der Waals surface area contributed by atoms with Gasteiger partial charge >= 0.3 is 0 Å². The third-order valence-corrected chi connectivity index (χ3v) is 4.72. The van der Waals surface area contributed by atoms with Gasteiger partial charge < -0.3 is 10.2 Å². The first kappa shape index (κ1) is 18.5. The van der Waals surface area contributed by atoms with E-state index in [2.05, 4.69) is 86.0 Å². The van der Waals surface area contributed by atoms with Crippen molar-refractivity contribution in [2.75, 3.05) is 18.5 Å². The summed E-state index contributed by atoms with van der Waals surface area (Å²) in [5.74, 6) is 0.725. The summed E-state index contributed by atoms with van der Waals surface area (Å²) >= 11 is 3.74. The van der Waals surface area contributed by atoms with E-state index in [4.69, 9.17) is 0 Å². The van der Waals surface area contributed by atoms with Crippen molar-refractivity contribution in [1.29, 1.82) is 0 Å². The van der Waals surface area contributed by atoms with Crippen molar-refractivity contribution in [2.45, 2.75) is 59.5 Å². The summed E-state index contributed by atoms with van der Waals surface area (Å²) in [7, 11) is 2.19. The zero-order valence-electron chi connectivity index (χ0n) is 14.4. The van der Waals surface area contributed by atoms with Gasteiger partial charge in [-0.05, 0) is 56.8 Å². The number of hydrogen-bond acceptors (Lipinski definition) is 2. The largest absolute Gasteiger partial charge is 0.372 e. The summed E-state index contributed by atoms with van der Waals surface area (Å²) in [6.07, 6.45) is 2.37. The maximum atomic E-state index is 3.74. The molecule has 0 aromatic heterocycles. The van der Waals surface area contributed by atoms with E-state index in [1.807, 2.05) is 0 Å². The smallest absolute Gasteiger partial charge is 0.0377 e. The third-order valence-electron chi connectivity index (χ3n) is 4.03. The lowest BCUT2D eigenvalue weighted by Crippen LogP contribution is -2.30. The molecule has 0 fully saturated rings. The second kappa shape index (κ2) is 8.79. The Morgan fingerprint density at radius 1 is 1.19 bits per heavy atom. The molecular formula is C18H31BrN2. The molecule has 1 rings (SSSR count). The topological polar surface area (TPSA) is 15.3 Å². The van der Waals surface area contributed by atoms with Gasteiger partial charge in [-0.3, -0.25) is 0 Å². The molecule has 0 heterocycles. The Morgan fingerprint density at radius 3 is 2.38 bits per heavy atom. The van der Waals surface area contributed by atoms with Crippen LogP contribution < -0.4 is 10.2 Å². The van der Waals surface area contributed by atoms with Gasteiger partial charge in [0.15, 0.2) is 0 Å². The van der Waals surface area contributed by atoms with Crippen LogP contribution in [0.15, 0.2) is 22.7 Å². The highest BCUT2D eigenvalue weighted by atomic mass is 79.9. The number of hydrogen-bond donors (Lipinski definition) is 1. The first-order valence-corrected chi connectivity index (χ1v) is 8.91. The van der Waals surface area contributed by atoms with Gasteiger partial charge in [-0.2, -0.15) is 0 Å². The Labute approximate surface area is 139 Å². The van der Waals surface area contributed by atoms with E-state index in [9.17, 15) is 0 Å². The molecule has 0 aliphatic heterocycles. The molecule has 0 spiro atoms. The van der Waals surface area contributed by atoms with Gasteiger partial charge in [0.05, 0.1) is 0 Å². The van der Waals surface area contributed by atoms with Crippen LogP contribution in [0.1, 0.15) is 59.1 Å². The van der Waals surface area contributed by atoms with E-state index < -0.39 is 0 Å². The summed E-state index contributed by atoms with van der Waals surface area (Å²) in [6, 6.07) is 7.66. The van der Waals surface area contributed by atoms with Crippen molar-refractivity contribution < 1.29 is 0 Å². The van der Waals surface area contributed by atoms with Gasteiger partial charge in [0.25, 0.3) is 0 Å². The van der Waals surface area contributed by atoms with Crippen LogP contribution in [0.2, 0.25) is 0 Å². The van der Waals surface area contributed by atoms with Gasteiger partial charge in [-0.1, -0.05) is 42.8 Å². The number of benzene rings is 1. The molecular weight excluding hydrogens is 324 g/mol. The zero-order chi connectivity index (χ0) is 16.0. The lowest BCUT2D eigenvalue weighted by atomic mass is 10.0. The van der Waals surface area contributed by atoms with E-state index in [1.54, 1.807) is 0 Å². The van der Waals surface area contributed by atoms with E-state index >= 15 is 0 Å². The minimum absolute atomic E-state index is 0.381. The fourth-order valence-electron chi connectivity index (χ4n) is 2.65. The summed E-state index contributed by atoms with van der Waals surface area (Å²) in [5, 5.41) is 3.54. The van der Waals surface area contributed by atoms with Crippen LogP contribution in [0.4, 0.5) is 5.69 Å². The Kier molecular flexibility index (Phi) is 7.75. The van der Waals surface area contributed by atoms with Gasteiger partial charge in [0.1, 0.15) is 0 Å². The van der Waals surface area contributed by atoms with Crippen molar-refractivity contribution in [1.82, 2.24) is 5.32 Å². The molecule has 2 atom stereocenters. The Bertz CT molecular complexity index is 431. The maximum Gasteiger partial charge on any atom is 0.0377 e. The summed E-state index contributed by atoms with van der Waals surface area (Å²) in [5.41, 5.74) is 2.61. The maximum absolute atomic E-state index is 3.74. The normalized spacial score (nSPS) is 14.3. The second-order valence-corrected chi connectivity index (χ2v) is 7.33. The molecule has 0 saturated heterocycles. The number of nitrogens with zero attached hydrogens (tertiary/aromatic N) is 1. The lowest BCUT2D eigenvalue weighted by molar-refractivity contribution is 0.504. The average molecular weight is 355 g/mol. The van der Waals surface area contributed by atoms with Crippen LogP contribution in [0.25, 0.3) is 0 Å². The fraction of sp³-hybridized carbons (Fsp3) is 0.667. The van der Waals surface area contributed by atoms with Crippen LogP contribution >= 0.6 is 15.9 Å². The molecule has 2 nitrogen and oxygen atoms in total. The molecule has 120 valence electrons. The standard InChI is InChI=1S/C18H31BrN2/c1-7-10-20-15(5)17-9-8-16(12-18(17)19)21(6)14(4)11-13(2)3/h8-9,12-15,20H,7,10-11H2,1-6H3. The summed E-state index contributed by atoms with van der Waals surface area (Å²) < 4.78 is 1.19. The Hall–Kier alpha value is -0.540. The van der Waals surface area contributed by atoms with Crippen molar-refractivity contribution in [3.63, 3.8) is 0 Å². The van der Waals surface area contributed by atoms with Crippen molar-refractivity contribution in [2.24, 2.45) is 5.92 Å². The highest BCUT2D eigenvalue weighted by Crippen LogP contribution is 2.29. The first-order chi connectivity index (χ1) is 9.86. The van der Waals surface area contributed by atoms with Crippen LogP contribution in [0.5, 0.6) is 0 Å². The van der Waals surface area contributed by atoms with Crippen molar-refractivity contribution in [3.05, 3.63) is 28.2 Å². The van der Waals surface area contributed by atoms with E-state index in [0.717, 1.165) is 18.9 Å². The van der Waals surface area contributed by atoms with Gasteiger partial charge in [0, 0.05) is 29.3 Å². The van der Waals surface area contributed by atoms with Crippen LogP contribution in [-0.2, 0) is 0 Å². The van der Waals surface area contributed by atoms with Gasteiger partial charge in [-0.15, -0.1) is 0 Å². The number of halogens is 1. The molecule has 3 heteroatoms. The average Bonchev–Trinajstić information content (AvgIpc) is 2.42. The highest BCUT2D eigenvalue weighted by Gasteiger charge is 2.14. The highest BCUT2D eigenvalue weighted by molar-refractivity contribution is 9.10. The SMILES string of the molecule is CCCNC(C)c1ccc(N(C)C(C)CC(C)C)cc1Br. The molecule has 0 saturated carbocycles. The molecule has 1 aromatic carbocycles. The minimum Gasteiger partial charge on any atom is -0.372 e. The van der Waals surface area contributed by atoms with Crippen LogP contribution in [-0.4, -0.2) is 19.6 Å².